The lowest BCUT2D eigenvalue weighted by atomic mass is 10.1. The molecule has 1 saturated heterocycles. The third-order valence-electron chi connectivity index (χ3n) is 5.93. The number of nitrogens with zero attached hydrogens (tertiary/aromatic N) is 2. The Labute approximate surface area is 210 Å². The molecule has 3 heterocycles. The summed E-state index contributed by atoms with van der Waals surface area (Å²) in [7, 11) is 0. The van der Waals surface area contributed by atoms with Crippen LogP contribution >= 0.6 is 23.1 Å². The number of aryl methyl sites for hydroxylation is 3. The van der Waals surface area contributed by atoms with Crippen LogP contribution < -0.4 is 5.32 Å². The maximum absolute atomic E-state index is 14.1. The van der Waals surface area contributed by atoms with Crippen molar-refractivity contribution in [2.75, 3.05) is 18.2 Å². The van der Waals surface area contributed by atoms with E-state index in [1.165, 1.54) is 23.5 Å². The number of aromatic nitrogens is 1. The van der Waals surface area contributed by atoms with Crippen LogP contribution in [-0.2, 0) is 0 Å². The Bertz CT molecular complexity index is 1450. The summed E-state index contributed by atoms with van der Waals surface area (Å²) < 4.78 is 19.6. The molecule has 35 heavy (non-hydrogen) atoms. The fourth-order valence-corrected chi connectivity index (χ4v) is 6.40. The molecule has 2 aromatic carbocycles. The fourth-order valence-electron chi connectivity index (χ4n) is 4.29. The van der Waals surface area contributed by atoms with Crippen LogP contribution in [0, 0.1) is 26.6 Å². The molecule has 9 heteroatoms. The number of thioether (sulfide) groups is 1. The molecule has 0 bridgehead atoms. The Balaban J connectivity index is 1.35. The van der Waals surface area contributed by atoms with Crippen molar-refractivity contribution in [3.05, 3.63) is 75.9 Å². The molecule has 5 rings (SSSR count). The van der Waals surface area contributed by atoms with E-state index in [9.17, 15) is 14.0 Å². The summed E-state index contributed by atoms with van der Waals surface area (Å²) in [6.45, 7) is 5.93. The second kappa shape index (κ2) is 9.47. The molecule has 180 valence electrons. The molecule has 0 unspecified atom stereocenters. The SMILES string of the molecule is Cc1cccc(-c2sc(C)nc2C(=O)N2CSC[C@H]2CNC(=O)c2cc(F)cc3oc(C)cc23)c1. The second-order valence-corrected chi connectivity index (χ2v) is 10.8. The number of furan rings is 1. The quantitative estimate of drug-likeness (QED) is 0.381. The van der Waals surface area contributed by atoms with Crippen LogP contribution in [0.1, 0.15) is 37.2 Å². The third-order valence-corrected chi connectivity index (χ3v) is 8.03. The normalized spacial score (nSPS) is 15.7. The van der Waals surface area contributed by atoms with Crippen LogP contribution in [-0.4, -0.2) is 45.9 Å². The number of fused-ring (bicyclic) bond motifs is 1. The number of carbonyl (C=O) groups excluding carboxylic acids is 2. The van der Waals surface area contributed by atoms with Gasteiger partial charge in [-0.1, -0.05) is 29.8 Å². The molecule has 6 nitrogen and oxygen atoms in total. The van der Waals surface area contributed by atoms with E-state index in [1.807, 2.05) is 32.0 Å². The van der Waals surface area contributed by atoms with E-state index in [0.717, 1.165) is 21.0 Å². The van der Waals surface area contributed by atoms with Crippen LogP contribution in [0.15, 0.2) is 46.9 Å². The zero-order chi connectivity index (χ0) is 24.7. The van der Waals surface area contributed by atoms with Crippen LogP contribution in [0.3, 0.4) is 0 Å². The highest BCUT2D eigenvalue weighted by Crippen LogP contribution is 2.33. The van der Waals surface area contributed by atoms with E-state index in [4.69, 9.17) is 4.42 Å². The first kappa shape index (κ1) is 23.6. The van der Waals surface area contributed by atoms with Crippen molar-refractivity contribution >= 4 is 45.9 Å². The predicted molar refractivity (Wildman–Crippen MR) is 138 cm³/mol. The lowest BCUT2D eigenvalue weighted by Crippen LogP contribution is -2.44. The van der Waals surface area contributed by atoms with Gasteiger partial charge in [0.1, 0.15) is 22.9 Å². The molecule has 0 saturated carbocycles. The minimum Gasteiger partial charge on any atom is -0.461 e. The van der Waals surface area contributed by atoms with Gasteiger partial charge < -0.3 is 14.6 Å². The summed E-state index contributed by atoms with van der Waals surface area (Å²) in [6.07, 6.45) is 0. The van der Waals surface area contributed by atoms with Crippen molar-refractivity contribution in [1.29, 1.82) is 0 Å². The molecule has 1 atom stereocenters. The predicted octanol–water partition coefficient (Wildman–Crippen LogP) is 5.57. The standard InChI is InChI=1S/C26H24FN3O3S2/c1-14-5-4-6-17(7-14)24-23(29-16(3)35-24)26(32)30-13-34-12-19(30)11-28-25(31)21-9-18(27)10-22-20(21)8-15(2)33-22/h4-10,19H,11-13H2,1-3H3,(H,28,31)/t19-/m1/s1. The lowest BCUT2D eigenvalue weighted by molar-refractivity contribution is 0.0732. The monoisotopic (exact) mass is 509 g/mol. The highest BCUT2D eigenvalue weighted by molar-refractivity contribution is 7.99. The van der Waals surface area contributed by atoms with Crippen molar-refractivity contribution in [1.82, 2.24) is 15.2 Å². The van der Waals surface area contributed by atoms with Gasteiger partial charge in [-0.25, -0.2) is 9.37 Å². The highest BCUT2D eigenvalue weighted by atomic mass is 32.2. The summed E-state index contributed by atoms with van der Waals surface area (Å²) >= 11 is 3.14. The van der Waals surface area contributed by atoms with E-state index in [-0.39, 0.29) is 24.1 Å². The van der Waals surface area contributed by atoms with Gasteiger partial charge in [0.05, 0.1) is 27.4 Å². The second-order valence-electron chi connectivity index (χ2n) is 8.64. The molecule has 1 aliphatic rings. The molecular formula is C26H24FN3O3S2. The smallest absolute Gasteiger partial charge is 0.275 e. The molecule has 0 aliphatic carbocycles. The largest absolute Gasteiger partial charge is 0.461 e. The zero-order valence-corrected chi connectivity index (χ0v) is 21.2. The first-order valence-corrected chi connectivity index (χ1v) is 13.2. The van der Waals surface area contributed by atoms with Crippen LogP contribution in [0.25, 0.3) is 21.4 Å². The average Bonchev–Trinajstić information content (AvgIpc) is 3.54. The molecular weight excluding hydrogens is 485 g/mol. The number of hydrogen-bond donors (Lipinski definition) is 1. The average molecular weight is 510 g/mol. The fraction of sp³-hybridized carbons (Fsp3) is 0.269. The molecule has 4 aromatic rings. The number of benzene rings is 2. The Morgan fingerprint density at radius 2 is 2.03 bits per heavy atom. The van der Waals surface area contributed by atoms with Gasteiger partial charge in [-0.05, 0) is 38.5 Å². The minimum absolute atomic E-state index is 0.145. The highest BCUT2D eigenvalue weighted by Gasteiger charge is 2.33. The summed E-state index contributed by atoms with van der Waals surface area (Å²) in [4.78, 5) is 33.7. The Kier molecular flexibility index (Phi) is 6.37. The Morgan fingerprint density at radius 3 is 2.83 bits per heavy atom. The van der Waals surface area contributed by atoms with Crippen LogP contribution in [0.4, 0.5) is 4.39 Å². The van der Waals surface area contributed by atoms with Gasteiger partial charge in [0.2, 0.25) is 0 Å². The van der Waals surface area contributed by atoms with Crippen LogP contribution in [0.5, 0.6) is 0 Å². The van der Waals surface area contributed by atoms with E-state index in [0.29, 0.717) is 34.1 Å². The van der Waals surface area contributed by atoms with E-state index >= 15 is 0 Å². The molecule has 1 N–H and O–H groups in total. The van der Waals surface area contributed by atoms with Crippen molar-refractivity contribution in [3.63, 3.8) is 0 Å². The Hall–Kier alpha value is -3.17. The first-order valence-electron chi connectivity index (χ1n) is 11.2. The summed E-state index contributed by atoms with van der Waals surface area (Å²) in [5.41, 5.74) is 3.09. The van der Waals surface area contributed by atoms with Gasteiger partial charge in [0.25, 0.3) is 11.8 Å². The summed E-state index contributed by atoms with van der Waals surface area (Å²) in [5, 5.41) is 4.28. The number of carbonyl (C=O) groups is 2. The van der Waals surface area contributed by atoms with Gasteiger partial charge in [0, 0.05) is 23.8 Å². The number of hydrogen-bond acceptors (Lipinski definition) is 6. The van der Waals surface area contributed by atoms with Gasteiger partial charge in [-0.15, -0.1) is 23.1 Å². The number of nitrogens with one attached hydrogen (secondary N) is 1. The van der Waals surface area contributed by atoms with Crippen molar-refractivity contribution < 1.29 is 18.4 Å². The third kappa shape index (κ3) is 4.70. The van der Waals surface area contributed by atoms with E-state index in [2.05, 4.69) is 16.4 Å². The molecule has 0 spiro atoms. The number of halogens is 1. The maximum atomic E-state index is 14.1. The maximum Gasteiger partial charge on any atom is 0.275 e. The lowest BCUT2D eigenvalue weighted by Gasteiger charge is -2.24. The molecule has 0 radical (unpaired) electrons. The Morgan fingerprint density at radius 1 is 1.20 bits per heavy atom. The van der Waals surface area contributed by atoms with Gasteiger partial charge in [-0.2, -0.15) is 0 Å². The topological polar surface area (TPSA) is 75.4 Å². The number of rotatable bonds is 5. The van der Waals surface area contributed by atoms with Crippen molar-refractivity contribution in [2.45, 2.75) is 26.8 Å². The van der Waals surface area contributed by atoms with Gasteiger partial charge in [-0.3, -0.25) is 9.59 Å². The van der Waals surface area contributed by atoms with Crippen LogP contribution in [0.2, 0.25) is 0 Å². The molecule has 1 aliphatic heterocycles. The van der Waals surface area contributed by atoms with E-state index in [1.54, 1.807) is 29.7 Å². The van der Waals surface area contributed by atoms with Crippen molar-refractivity contribution in [2.24, 2.45) is 0 Å². The van der Waals surface area contributed by atoms with Crippen molar-refractivity contribution in [3.8, 4) is 10.4 Å². The van der Waals surface area contributed by atoms with Gasteiger partial charge in [0.15, 0.2) is 0 Å². The zero-order valence-electron chi connectivity index (χ0n) is 19.6. The van der Waals surface area contributed by atoms with E-state index < -0.39 is 11.7 Å². The number of thiazole rings is 1. The molecule has 2 amide bonds. The summed E-state index contributed by atoms with van der Waals surface area (Å²) in [5.74, 6) is 0.741. The van der Waals surface area contributed by atoms with Gasteiger partial charge >= 0.3 is 0 Å². The summed E-state index contributed by atoms with van der Waals surface area (Å²) in [6, 6.07) is 12.1. The minimum atomic E-state index is -0.534. The first-order chi connectivity index (χ1) is 16.8. The number of amides is 2. The molecule has 1 fully saturated rings. The molecule has 2 aromatic heterocycles.